The quantitative estimate of drug-likeness (QED) is 0.141. The first-order chi connectivity index (χ1) is 17.6. The van der Waals surface area contributed by atoms with E-state index in [9.17, 15) is 28.2 Å². The van der Waals surface area contributed by atoms with E-state index in [4.69, 9.17) is 0 Å². The lowest BCUT2D eigenvalue weighted by atomic mass is 9.93. The van der Waals surface area contributed by atoms with Gasteiger partial charge in [-0.15, -0.1) is 12.1 Å². The van der Waals surface area contributed by atoms with E-state index in [1.165, 1.54) is 36.4 Å². The highest BCUT2D eigenvalue weighted by atomic mass is 32.3. The Morgan fingerprint density at radius 1 is 0.514 bits per heavy atom. The molecule has 6 nitrogen and oxygen atoms in total. The van der Waals surface area contributed by atoms with E-state index < -0.39 is 32.5 Å². The predicted octanol–water partition coefficient (Wildman–Crippen LogP) is 7.92. The summed E-state index contributed by atoms with van der Waals surface area (Å²) in [5.41, 5.74) is 4.62. The van der Waals surface area contributed by atoms with Crippen LogP contribution in [0.15, 0.2) is 104 Å². The SMILES string of the molecule is O=[SH](/F)=N/c1ccc(-c2cc(-c3ccc(N=S(=O)(F)F)cc3)cc(-c3ccc(/N=[SH](=O)/F)cc3)c2)cc1. The third kappa shape index (κ3) is 7.47. The van der Waals surface area contributed by atoms with Crippen LogP contribution in [-0.4, -0.2) is 12.6 Å². The summed E-state index contributed by atoms with van der Waals surface area (Å²) in [4.78, 5) is 0. The van der Waals surface area contributed by atoms with Gasteiger partial charge in [0.2, 0.25) is 0 Å². The molecular weight excluding hydrogens is 550 g/mol. The number of nitrogens with zero attached hydrogens (tertiary/aromatic N) is 3. The van der Waals surface area contributed by atoms with Gasteiger partial charge in [0.25, 0.3) is 0 Å². The van der Waals surface area contributed by atoms with Gasteiger partial charge in [-0.05, 0) is 88.0 Å². The van der Waals surface area contributed by atoms with Crippen LogP contribution in [0.3, 0.4) is 0 Å². The Morgan fingerprint density at radius 2 is 0.811 bits per heavy atom. The fraction of sp³-hybridized carbons (Fsp3) is 0. The molecule has 13 heteroatoms. The maximum absolute atomic E-state index is 12.8. The van der Waals surface area contributed by atoms with Crippen molar-refractivity contribution in [2.24, 2.45) is 13.1 Å². The molecule has 0 amide bonds. The van der Waals surface area contributed by atoms with Crippen molar-refractivity contribution >= 4 is 49.5 Å². The standard InChI is InChI=1S/C24H17F4N3O3S3/c25-35(32)29-22-7-1-16(2-8-22)19-13-20(17-3-9-23(10-4-17)30-36(26)33)15-21(14-19)18-5-11-24(12-6-18)31-37(27,28)34/h1-15,35-36H. The maximum atomic E-state index is 12.8. The van der Waals surface area contributed by atoms with Crippen molar-refractivity contribution in [2.45, 2.75) is 0 Å². The molecule has 0 fully saturated rings. The first-order valence-corrected chi connectivity index (χ1v) is 13.9. The molecule has 2 atom stereocenters. The highest BCUT2D eigenvalue weighted by Gasteiger charge is 2.09. The number of rotatable bonds is 6. The van der Waals surface area contributed by atoms with Gasteiger partial charge in [-0.3, -0.25) is 0 Å². The molecular formula is C24H17F4N3O3S3. The summed E-state index contributed by atoms with van der Waals surface area (Å²) in [5.74, 6) is 0. The number of hydrogen-bond donors (Lipinski definition) is 2. The molecule has 0 aliphatic carbocycles. The third-order valence-electron chi connectivity index (χ3n) is 5.13. The van der Waals surface area contributed by atoms with E-state index in [-0.39, 0.29) is 17.1 Å². The largest absolute Gasteiger partial charge is 0.371 e. The van der Waals surface area contributed by atoms with E-state index in [1.54, 1.807) is 36.4 Å². The van der Waals surface area contributed by atoms with Gasteiger partial charge in [-0.25, -0.2) is 8.42 Å². The van der Waals surface area contributed by atoms with E-state index >= 15 is 0 Å². The van der Waals surface area contributed by atoms with Crippen LogP contribution in [0.1, 0.15) is 0 Å². The lowest BCUT2D eigenvalue weighted by Crippen LogP contribution is -1.86. The molecule has 4 rings (SSSR count). The average molecular weight is 568 g/mol. The lowest BCUT2D eigenvalue weighted by molar-refractivity contribution is 0.588. The fourth-order valence-electron chi connectivity index (χ4n) is 3.59. The molecule has 0 N–H and O–H groups in total. The number of halogens is 4. The van der Waals surface area contributed by atoms with Gasteiger partial charge in [0.15, 0.2) is 22.0 Å². The summed E-state index contributed by atoms with van der Waals surface area (Å²) in [5, 5.41) is 0. The van der Waals surface area contributed by atoms with Crippen LogP contribution in [0.4, 0.5) is 32.6 Å². The molecule has 0 radical (unpaired) electrons. The fourth-order valence-corrected chi connectivity index (χ4v) is 4.58. The minimum atomic E-state index is -5.29. The van der Waals surface area contributed by atoms with Crippen molar-refractivity contribution in [1.29, 1.82) is 0 Å². The van der Waals surface area contributed by atoms with Crippen LogP contribution < -0.4 is 0 Å². The Balaban J connectivity index is 1.82. The van der Waals surface area contributed by atoms with Gasteiger partial charge in [0.05, 0.1) is 17.1 Å². The molecule has 0 spiro atoms. The smallest absolute Gasteiger partial charge is 0.219 e. The average Bonchev–Trinajstić information content (AvgIpc) is 2.83. The second kappa shape index (κ2) is 11.2. The molecule has 2 unspecified atom stereocenters. The third-order valence-corrected chi connectivity index (χ3v) is 6.33. The zero-order valence-corrected chi connectivity index (χ0v) is 21.1. The van der Waals surface area contributed by atoms with E-state index in [0.29, 0.717) is 11.1 Å². The molecule has 192 valence electrons. The predicted molar refractivity (Wildman–Crippen MR) is 141 cm³/mol. The van der Waals surface area contributed by atoms with Crippen LogP contribution in [0.5, 0.6) is 0 Å². The summed E-state index contributed by atoms with van der Waals surface area (Å²) >= 11 is 0. The molecule has 0 aliphatic rings. The monoisotopic (exact) mass is 567 g/mol. The van der Waals surface area contributed by atoms with Crippen LogP contribution in [-0.2, 0) is 32.5 Å². The Kier molecular flexibility index (Phi) is 8.05. The van der Waals surface area contributed by atoms with Gasteiger partial charge in [0, 0.05) is 0 Å². The number of benzene rings is 4. The van der Waals surface area contributed by atoms with E-state index in [0.717, 1.165) is 22.3 Å². The molecule has 0 aliphatic heterocycles. The van der Waals surface area contributed by atoms with Gasteiger partial charge >= 0.3 is 10.5 Å². The molecule has 0 heterocycles. The van der Waals surface area contributed by atoms with Gasteiger partial charge in [-0.1, -0.05) is 44.2 Å². The van der Waals surface area contributed by atoms with Gasteiger partial charge in [-0.2, -0.15) is 12.9 Å². The first-order valence-electron chi connectivity index (χ1n) is 10.4. The van der Waals surface area contributed by atoms with Crippen molar-refractivity contribution in [3.8, 4) is 33.4 Å². The minimum absolute atomic E-state index is 0.133. The zero-order valence-electron chi connectivity index (χ0n) is 18.5. The Morgan fingerprint density at radius 3 is 1.08 bits per heavy atom. The van der Waals surface area contributed by atoms with Crippen molar-refractivity contribution in [3.05, 3.63) is 91.0 Å². The van der Waals surface area contributed by atoms with Gasteiger partial charge in [0.1, 0.15) is 0 Å². The Labute approximate surface area is 214 Å². The highest BCUT2D eigenvalue weighted by molar-refractivity contribution is 7.83. The van der Waals surface area contributed by atoms with E-state index in [2.05, 4.69) is 13.1 Å². The van der Waals surface area contributed by atoms with Crippen LogP contribution >= 0.6 is 0 Å². The lowest BCUT2D eigenvalue weighted by Gasteiger charge is -2.12. The summed E-state index contributed by atoms with van der Waals surface area (Å²) < 4.78 is 92.9. The molecule has 4 aromatic rings. The first kappa shape index (κ1) is 26.5. The summed E-state index contributed by atoms with van der Waals surface area (Å²) in [6.45, 7) is 0. The summed E-state index contributed by atoms with van der Waals surface area (Å²) in [6.07, 6.45) is 0. The molecule has 0 saturated carbocycles. The van der Waals surface area contributed by atoms with E-state index in [1.807, 2.05) is 18.2 Å². The number of hydrogen-bond acceptors (Lipinski definition) is 6. The summed E-state index contributed by atoms with van der Waals surface area (Å²) in [7, 11) is -11.6. The van der Waals surface area contributed by atoms with Crippen molar-refractivity contribution in [3.63, 3.8) is 0 Å². The number of thiol groups is 2. The topological polar surface area (TPSA) is 88.3 Å². The summed E-state index contributed by atoms with van der Waals surface area (Å²) in [6, 6.07) is 24.1. The van der Waals surface area contributed by atoms with Gasteiger partial charge < -0.3 is 0 Å². The molecule has 37 heavy (non-hydrogen) atoms. The second-order valence-corrected chi connectivity index (χ2v) is 9.86. The highest BCUT2D eigenvalue weighted by Crippen LogP contribution is 2.35. The van der Waals surface area contributed by atoms with Crippen LogP contribution in [0, 0.1) is 0 Å². The van der Waals surface area contributed by atoms with Crippen molar-refractivity contribution < 1.29 is 28.2 Å². The van der Waals surface area contributed by atoms with Crippen LogP contribution in [0.2, 0.25) is 0 Å². The molecule has 0 saturated heterocycles. The second-order valence-electron chi connectivity index (χ2n) is 7.58. The van der Waals surface area contributed by atoms with Crippen molar-refractivity contribution in [1.82, 2.24) is 0 Å². The Bertz CT molecular complexity index is 1640. The Hall–Kier alpha value is -3.55. The van der Waals surface area contributed by atoms with Crippen molar-refractivity contribution in [2.75, 3.05) is 0 Å². The zero-order chi connectivity index (χ0) is 26.6. The minimum Gasteiger partial charge on any atom is -0.219 e. The van der Waals surface area contributed by atoms with Crippen LogP contribution in [0.25, 0.3) is 33.4 Å². The normalized spacial score (nSPS) is 13.4. The molecule has 4 aromatic carbocycles. The molecule has 0 aromatic heterocycles. The maximum Gasteiger partial charge on any atom is 0.371 e. The molecule has 0 bridgehead atoms.